The first-order chi connectivity index (χ1) is 23.1. The lowest BCUT2D eigenvalue weighted by molar-refractivity contribution is 0.260. The number of benzene rings is 4. The van der Waals surface area contributed by atoms with Gasteiger partial charge in [-0.1, -0.05) is 163 Å². The molecule has 3 nitrogen and oxygen atoms in total. The number of thioether (sulfide) groups is 1. The van der Waals surface area contributed by atoms with E-state index in [1.807, 2.05) is 11.8 Å². The quantitative estimate of drug-likeness (QED) is 0.0685. The van der Waals surface area contributed by atoms with Gasteiger partial charge in [-0.15, -0.1) is 0 Å². The Morgan fingerprint density at radius 3 is 1.27 bits per heavy atom. The fraction of sp³-hybridized carbons (Fsp3) is 0.405. The van der Waals surface area contributed by atoms with E-state index in [9.17, 15) is 0 Å². The minimum Gasteiger partial charge on any atom is -0.406 e. The summed E-state index contributed by atoms with van der Waals surface area (Å²) >= 11 is 6.82. The summed E-state index contributed by atoms with van der Waals surface area (Å²) in [6.45, 7) is 27.1. The highest BCUT2D eigenvalue weighted by molar-refractivity contribution is 8.07. The van der Waals surface area contributed by atoms with Gasteiger partial charge in [0, 0.05) is 34.9 Å². The van der Waals surface area contributed by atoms with Crippen LogP contribution in [0.15, 0.2) is 121 Å². The highest BCUT2D eigenvalue weighted by Gasteiger charge is 2.53. The Labute approximate surface area is 308 Å². The molecule has 0 bridgehead atoms. The lowest BCUT2D eigenvalue weighted by Crippen LogP contribution is -2.67. The molecule has 0 amide bonds. The first-order valence-corrected chi connectivity index (χ1v) is 22.5. The number of hydrogen-bond donors (Lipinski definition) is 1. The van der Waals surface area contributed by atoms with E-state index in [-0.39, 0.29) is 14.8 Å². The lowest BCUT2D eigenvalue weighted by atomic mass is 10.1. The van der Waals surface area contributed by atoms with Gasteiger partial charge in [0.2, 0.25) is 6.54 Å². The van der Waals surface area contributed by atoms with Crippen LogP contribution in [0.3, 0.4) is 0 Å². The van der Waals surface area contributed by atoms with Gasteiger partial charge in [0.15, 0.2) is 0 Å². The number of nitrogens with zero attached hydrogens (tertiary/aromatic N) is 1. The van der Waals surface area contributed by atoms with Gasteiger partial charge in [-0.3, -0.25) is 0 Å². The Morgan fingerprint density at radius 1 is 0.653 bits per heavy atom. The van der Waals surface area contributed by atoms with Crippen molar-refractivity contribution in [2.24, 2.45) is 0 Å². The third-order valence-corrected chi connectivity index (χ3v) is 21.1. The second-order valence-electron chi connectivity index (χ2n) is 15.8. The highest BCUT2D eigenvalue weighted by Crippen LogP contribution is 2.46. The predicted molar refractivity (Wildman–Crippen MR) is 221 cm³/mol. The third kappa shape index (κ3) is 9.41. The van der Waals surface area contributed by atoms with E-state index in [1.165, 1.54) is 26.5 Å². The summed E-state index contributed by atoms with van der Waals surface area (Å²) in [6.07, 6.45) is 0.720. The van der Waals surface area contributed by atoms with Crippen LogP contribution in [-0.4, -0.2) is 51.6 Å². The zero-order valence-corrected chi connectivity index (χ0v) is 34.4. The second-order valence-corrected chi connectivity index (χ2v) is 27.0. The smallest absolute Gasteiger partial charge is 0.261 e. The molecular weight excluding hydrogens is 671 g/mol. The standard InChI is InChI=1S/C22H29NOSSi.C20H26OSSi/c1-21(2,3)26(19-12-8-6-9-13-19,20-14-10-7-11-15-20)24-18-22(4,25)16-17-23-5;1-19(2,3)23(17-11-7-5-8-12-17,18-13-9-6-10-14-18)21-15-20(4)16-22-20/h6-15,25H,16-18H2,1-4H3;5-14H,15-16H2,1-4H3. The normalized spacial score (nSPS) is 17.6. The predicted octanol–water partition coefficient (Wildman–Crippen LogP) is 8.63. The molecule has 0 aliphatic carbocycles. The Balaban J connectivity index is 0.000000222. The summed E-state index contributed by atoms with van der Waals surface area (Å²) in [5.74, 6) is 1.21. The average molecular weight is 726 g/mol. The van der Waals surface area contributed by atoms with Crippen LogP contribution < -0.4 is 20.7 Å². The maximum atomic E-state index is 7.06. The van der Waals surface area contributed by atoms with Crippen LogP contribution in [0.1, 0.15) is 61.8 Å². The molecular formula is C42H55NO2S2Si2. The van der Waals surface area contributed by atoms with E-state index in [1.54, 1.807) is 0 Å². The van der Waals surface area contributed by atoms with Crippen LogP contribution in [0.5, 0.6) is 0 Å². The van der Waals surface area contributed by atoms with E-state index >= 15 is 0 Å². The van der Waals surface area contributed by atoms with Crippen LogP contribution in [0.4, 0.5) is 0 Å². The Hall–Kier alpha value is -2.58. The summed E-state index contributed by atoms with van der Waals surface area (Å²) in [5.41, 5.74) is 0. The summed E-state index contributed by atoms with van der Waals surface area (Å²) in [7, 11) is -4.86. The van der Waals surface area contributed by atoms with Gasteiger partial charge in [0.1, 0.15) is 0 Å². The van der Waals surface area contributed by atoms with Crippen LogP contribution in [0.2, 0.25) is 10.1 Å². The molecule has 0 aromatic heterocycles. The summed E-state index contributed by atoms with van der Waals surface area (Å²) in [4.78, 5) is 3.49. The molecule has 260 valence electrons. The van der Waals surface area contributed by atoms with Crippen molar-refractivity contribution in [3.63, 3.8) is 0 Å². The van der Waals surface area contributed by atoms with Crippen LogP contribution in [0.25, 0.3) is 4.85 Å². The molecule has 0 radical (unpaired) electrons. The van der Waals surface area contributed by atoms with E-state index in [4.69, 9.17) is 28.1 Å². The molecule has 2 unspecified atom stereocenters. The van der Waals surface area contributed by atoms with Crippen molar-refractivity contribution in [2.75, 3.05) is 25.5 Å². The largest absolute Gasteiger partial charge is 0.406 e. The van der Waals surface area contributed by atoms with E-state index in [0.29, 0.717) is 17.9 Å². The summed E-state index contributed by atoms with van der Waals surface area (Å²) in [6, 6.07) is 43.0. The van der Waals surface area contributed by atoms with E-state index in [2.05, 4.69) is 182 Å². The molecule has 4 aromatic carbocycles. The first kappa shape index (κ1) is 39.2. The SMILES string of the molecule is CC1(CO[Si](c2ccccc2)(c2ccccc2)C(C)(C)C)CS1.[C-]#[N+]CCC(C)(S)CO[Si](c1ccccc1)(c1ccccc1)C(C)(C)C. The topological polar surface area (TPSA) is 22.8 Å². The van der Waals surface area contributed by atoms with Gasteiger partial charge in [0.05, 0.1) is 0 Å². The maximum Gasteiger partial charge on any atom is 0.261 e. The average Bonchev–Trinajstić information content (AvgIpc) is 3.82. The van der Waals surface area contributed by atoms with Crippen molar-refractivity contribution in [3.05, 3.63) is 133 Å². The van der Waals surface area contributed by atoms with Crippen molar-refractivity contribution in [2.45, 2.75) is 81.4 Å². The Kier molecular flexibility index (Phi) is 13.0. The first-order valence-electron chi connectivity index (χ1n) is 17.3. The fourth-order valence-corrected chi connectivity index (χ4v) is 16.9. The van der Waals surface area contributed by atoms with Crippen LogP contribution in [0, 0.1) is 6.57 Å². The highest BCUT2D eigenvalue weighted by atomic mass is 32.2. The zero-order valence-electron chi connectivity index (χ0n) is 30.7. The lowest BCUT2D eigenvalue weighted by Gasteiger charge is -2.44. The maximum absolute atomic E-state index is 7.06. The van der Waals surface area contributed by atoms with E-state index < -0.39 is 16.6 Å². The molecule has 49 heavy (non-hydrogen) atoms. The van der Waals surface area contributed by atoms with Gasteiger partial charge < -0.3 is 13.7 Å². The number of rotatable bonds is 12. The van der Waals surface area contributed by atoms with Crippen molar-refractivity contribution >= 4 is 61.8 Å². The third-order valence-electron chi connectivity index (χ3n) is 9.43. The fourth-order valence-electron chi connectivity index (χ4n) is 6.62. The Morgan fingerprint density at radius 2 is 0.980 bits per heavy atom. The van der Waals surface area contributed by atoms with Gasteiger partial charge in [-0.25, -0.2) is 6.57 Å². The molecule has 1 saturated heterocycles. The number of thiol groups is 1. The summed E-state index contributed by atoms with van der Waals surface area (Å²) < 4.78 is 13.8. The summed E-state index contributed by atoms with van der Waals surface area (Å²) in [5, 5.41) is 5.31. The van der Waals surface area contributed by atoms with Crippen molar-refractivity contribution in [1.29, 1.82) is 0 Å². The van der Waals surface area contributed by atoms with Crippen LogP contribution >= 0.6 is 24.4 Å². The molecule has 1 heterocycles. The molecule has 0 spiro atoms. The molecule has 1 fully saturated rings. The monoisotopic (exact) mass is 725 g/mol. The molecule has 5 rings (SSSR count). The van der Waals surface area contributed by atoms with Crippen molar-refractivity contribution in [3.8, 4) is 0 Å². The molecule has 4 aromatic rings. The van der Waals surface area contributed by atoms with Crippen molar-refractivity contribution in [1.82, 2.24) is 0 Å². The van der Waals surface area contributed by atoms with Gasteiger partial charge in [-0.2, -0.15) is 24.4 Å². The van der Waals surface area contributed by atoms with Gasteiger partial charge in [-0.05, 0) is 44.7 Å². The second kappa shape index (κ2) is 16.2. The van der Waals surface area contributed by atoms with Crippen molar-refractivity contribution < 1.29 is 8.85 Å². The Bertz CT molecular complexity index is 1550. The molecule has 2 atom stereocenters. The zero-order chi connectivity index (χ0) is 35.8. The van der Waals surface area contributed by atoms with Gasteiger partial charge >= 0.3 is 0 Å². The minimum absolute atomic E-state index is 0.0423. The number of hydrogen-bond acceptors (Lipinski definition) is 4. The minimum atomic E-state index is -2.52. The molecule has 0 N–H and O–H groups in total. The molecule has 7 heteroatoms. The van der Waals surface area contributed by atoms with E-state index in [0.717, 1.165) is 13.0 Å². The molecule has 0 saturated carbocycles. The molecule has 1 aliphatic heterocycles. The van der Waals surface area contributed by atoms with Gasteiger partial charge in [0.25, 0.3) is 16.6 Å². The molecule has 1 aliphatic rings. The van der Waals surface area contributed by atoms with Crippen LogP contribution in [-0.2, 0) is 8.85 Å².